The normalized spacial score (nSPS) is 16.9. The van der Waals surface area contributed by atoms with Crippen LogP contribution >= 0.6 is 0 Å². The zero-order valence-electron chi connectivity index (χ0n) is 34.8. The molecule has 0 aromatic heterocycles. The quantitative estimate of drug-likeness (QED) is 0.116. The number of aliphatic hydroxyl groups excluding tert-OH is 1. The van der Waals surface area contributed by atoms with Crippen LogP contribution < -0.4 is 21.7 Å². The lowest BCUT2D eigenvalue weighted by Gasteiger charge is -2.45. The van der Waals surface area contributed by atoms with Crippen LogP contribution in [0.5, 0.6) is 0 Å². The molecule has 1 aliphatic rings. The summed E-state index contributed by atoms with van der Waals surface area (Å²) >= 11 is 0. The molecule has 57 heavy (non-hydrogen) atoms. The largest absolute Gasteiger partial charge is 0.480 e. The highest BCUT2D eigenvalue weighted by Crippen LogP contribution is 2.34. The third-order valence-corrected chi connectivity index (χ3v) is 10.1. The average Bonchev–Trinajstić information content (AvgIpc) is 3.67. The molecule has 6 amide bonds. The number of carbonyl (C=O) groups is 8. The van der Waals surface area contributed by atoms with E-state index in [0.717, 1.165) is 17.7 Å². The minimum atomic E-state index is -2.36. The Morgan fingerprint density at radius 2 is 1.44 bits per heavy atom. The Hall–Kier alpha value is -4.90. The van der Waals surface area contributed by atoms with Gasteiger partial charge in [0.25, 0.3) is 11.8 Å². The number of nitrogens with one attached hydrogen (secondary N) is 3. The Bertz CT molecular complexity index is 1620. The van der Waals surface area contributed by atoms with Crippen LogP contribution in [0, 0.1) is 17.8 Å². The number of nitrogens with two attached hydrogens (primary N) is 1. The van der Waals surface area contributed by atoms with Gasteiger partial charge >= 0.3 is 12.1 Å². The maximum Gasteiger partial charge on any atom is 0.417 e. The smallest absolute Gasteiger partial charge is 0.417 e. The zero-order valence-corrected chi connectivity index (χ0v) is 34.8. The molecule has 6 atom stereocenters. The van der Waals surface area contributed by atoms with E-state index >= 15 is 4.79 Å². The lowest BCUT2D eigenvalue weighted by atomic mass is 9.75. The molecule has 17 heteroatoms. The summed E-state index contributed by atoms with van der Waals surface area (Å²) in [6.45, 7) is 12.6. The third kappa shape index (κ3) is 12.1. The van der Waals surface area contributed by atoms with Gasteiger partial charge in [0, 0.05) is 13.0 Å². The summed E-state index contributed by atoms with van der Waals surface area (Å²) in [7, 11) is 1.33. The number of Topliss-reactive ketones (excluding diaryl/α,β-unsaturated/α-hetero) is 1. The summed E-state index contributed by atoms with van der Waals surface area (Å²) in [4.78, 5) is 112. The van der Waals surface area contributed by atoms with E-state index in [-0.39, 0.29) is 6.42 Å². The van der Waals surface area contributed by atoms with Crippen molar-refractivity contribution in [2.75, 3.05) is 13.7 Å². The number of aliphatic hydroxyl groups is 1. The first kappa shape index (κ1) is 48.2. The number of hydrogen-bond acceptors (Lipinski definition) is 11. The van der Waals surface area contributed by atoms with Crippen molar-refractivity contribution in [3.63, 3.8) is 0 Å². The summed E-state index contributed by atoms with van der Waals surface area (Å²) in [5, 5.41) is 26.8. The molecule has 0 bridgehead atoms. The number of benzene rings is 1. The van der Waals surface area contributed by atoms with Gasteiger partial charge in [-0.15, -0.1) is 0 Å². The second-order valence-electron chi connectivity index (χ2n) is 16.3. The van der Waals surface area contributed by atoms with Crippen molar-refractivity contribution in [1.82, 2.24) is 25.8 Å². The van der Waals surface area contributed by atoms with Crippen LogP contribution in [0.25, 0.3) is 0 Å². The highest BCUT2D eigenvalue weighted by atomic mass is 16.6. The Labute approximate surface area is 334 Å². The second-order valence-corrected chi connectivity index (χ2v) is 16.3. The fourth-order valence-electron chi connectivity index (χ4n) is 6.91. The number of rotatable bonds is 18. The molecule has 2 unspecified atom stereocenters. The Morgan fingerprint density at radius 3 is 1.91 bits per heavy atom. The maximum absolute atomic E-state index is 15.4. The van der Waals surface area contributed by atoms with Crippen LogP contribution in [0.3, 0.4) is 0 Å². The fourth-order valence-corrected chi connectivity index (χ4v) is 6.91. The first-order valence-electron chi connectivity index (χ1n) is 19.3. The monoisotopic (exact) mass is 802 g/mol. The molecule has 7 N–H and O–H groups in total. The van der Waals surface area contributed by atoms with Crippen molar-refractivity contribution in [2.45, 2.75) is 136 Å². The molecule has 2 rings (SSSR count). The fraction of sp³-hybridized carbons (Fsp3) is 0.650. The molecule has 17 nitrogen and oxygen atoms in total. The van der Waals surface area contributed by atoms with Crippen molar-refractivity contribution in [2.24, 2.45) is 23.5 Å². The lowest BCUT2D eigenvalue weighted by molar-refractivity contribution is -0.162. The number of likely N-dealkylation sites (N-methyl/N-ethyl adjacent to an activating group) is 1. The van der Waals surface area contributed by atoms with Crippen molar-refractivity contribution in [3.8, 4) is 0 Å². The molecular formula is C40H62N6O11. The van der Waals surface area contributed by atoms with Crippen molar-refractivity contribution in [1.29, 1.82) is 0 Å². The van der Waals surface area contributed by atoms with Gasteiger partial charge < -0.3 is 41.5 Å². The van der Waals surface area contributed by atoms with Crippen LogP contribution in [0.1, 0.15) is 93.6 Å². The van der Waals surface area contributed by atoms with E-state index < -0.39 is 113 Å². The summed E-state index contributed by atoms with van der Waals surface area (Å²) in [5.74, 6) is -8.94. The van der Waals surface area contributed by atoms with E-state index in [2.05, 4.69) is 16.0 Å². The molecule has 0 aliphatic heterocycles. The SMILES string of the molecule is CC(C)C(NC(=O)[C@](C(=O)C(Cc1ccccc1)NC(=O)[C@H](C)N(C(=O)OC(C)(C)C)C(=O)[C@H](C)NC(=O)[C@@H](N)CO)(C(C)C)N(C)C(=O)C1CCCC1)C(=O)O. The van der Waals surface area contributed by atoms with Gasteiger partial charge in [-0.1, -0.05) is 70.9 Å². The molecule has 0 radical (unpaired) electrons. The topological polar surface area (TPSA) is 255 Å². The van der Waals surface area contributed by atoms with Crippen LogP contribution in [0.4, 0.5) is 4.79 Å². The van der Waals surface area contributed by atoms with Gasteiger partial charge in [-0.3, -0.25) is 28.8 Å². The van der Waals surface area contributed by atoms with Gasteiger partial charge in [-0.05, 0) is 71.3 Å². The summed E-state index contributed by atoms with van der Waals surface area (Å²) in [6.07, 6.45) is 1.11. The van der Waals surface area contributed by atoms with E-state index in [1.165, 1.54) is 41.7 Å². The zero-order chi connectivity index (χ0) is 43.6. The van der Waals surface area contributed by atoms with E-state index in [1.54, 1.807) is 58.0 Å². The molecule has 318 valence electrons. The lowest BCUT2D eigenvalue weighted by Crippen LogP contribution is -2.72. The average molecular weight is 803 g/mol. The molecule has 0 saturated heterocycles. The third-order valence-electron chi connectivity index (χ3n) is 10.1. The number of ether oxygens (including phenoxy) is 1. The van der Waals surface area contributed by atoms with E-state index in [1.807, 2.05) is 0 Å². The molecule has 1 fully saturated rings. The number of nitrogens with zero attached hydrogens (tertiary/aromatic N) is 2. The van der Waals surface area contributed by atoms with Gasteiger partial charge in [0.2, 0.25) is 17.7 Å². The number of ketones is 1. The summed E-state index contributed by atoms with van der Waals surface area (Å²) in [5.41, 5.74) is 2.62. The van der Waals surface area contributed by atoms with Gasteiger partial charge in [-0.2, -0.15) is 0 Å². The van der Waals surface area contributed by atoms with Crippen molar-refractivity contribution >= 4 is 47.4 Å². The number of carbonyl (C=O) groups excluding carboxylic acids is 7. The number of aliphatic carboxylic acids is 1. The molecule has 1 aliphatic carbocycles. The number of carboxylic acid groups (broad SMARTS) is 1. The van der Waals surface area contributed by atoms with E-state index in [4.69, 9.17) is 10.5 Å². The standard InChI is InChI=1S/C40H62N6O11/c1-22(2)30(36(53)54)44-37(55)40(23(3)4,45(10)35(52)27-18-14-15-19-27)31(48)29(20-26-16-12-11-13-17-26)43-32(49)25(6)46(38(56)57-39(7,8)9)34(51)24(5)42-33(50)28(41)21-47/h11-13,16-17,22-25,27-30,47H,14-15,18-21,41H2,1-10H3,(H,42,50)(H,43,49)(H,44,55)(H,53,54)/t24-,25-,28-,29?,30?,40+/m0/s1. The molecule has 1 saturated carbocycles. The second kappa shape index (κ2) is 20.5. The molecule has 0 heterocycles. The molecule has 1 aromatic rings. The van der Waals surface area contributed by atoms with Crippen LogP contribution in [-0.2, 0) is 44.7 Å². The summed E-state index contributed by atoms with van der Waals surface area (Å²) < 4.78 is 5.46. The van der Waals surface area contributed by atoms with E-state index in [0.29, 0.717) is 23.3 Å². The molecular weight excluding hydrogens is 740 g/mol. The highest BCUT2D eigenvalue weighted by Gasteiger charge is 2.57. The first-order valence-corrected chi connectivity index (χ1v) is 19.3. The molecule has 1 aromatic carbocycles. The number of imide groups is 1. The van der Waals surface area contributed by atoms with Gasteiger partial charge in [-0.25, -0.2) is 14.5 Å². The van der Waals surface area contributed by atoms with Gasteiger partial charge in [0.1, 0.15) is 29.8 Å². The van der Waals surface area contributed by atoms with Gasteiger partial charge in [0.05, 0.1) is 12.6 Å². The summed E-state index contributed by atoms with van der Waals surface area (Å²) in [6, 6.07) is 0.921. The maximum atomic E-state index is 15.4. The van der Waals surface area contributed by atoms with Crippen LogP contribution in [0.2, 0.25) is 0 Å². The Morgan fingerprint density at radius 1 is 0.877 bits per heavy atom. The van der Waals surface area contributed by atoms with Crippen LogP contribution in [0.15, 0.2) is 30.3 Å². The Kier molecular flexibility index (Phi) is 17.4. The number of carboxylic acids is 1. The minimum absolute atomic E-state index is 0.218. The van der Waals surface area contributed by atoms with Crippen molar-refractivity contribution in [3.05, 3.63) is 35.9 Å². The van der Waals surface area contributed by atoms with Gasteiger partial charge in [0.15, 0.2) is 11.3 Å². The number of hydrogen-bond donors (Lipinski definition) is 6. The first-order chi connectivity index (χ1) is 26.4. The van der Waals surface area contributed by atoms with E-state index in [9.17, 15) is 43.8 Å². The predicted octanol–water partition coefficient (Wildman–Crippen LogP) is 1.53. The molecule has 0 spiro atoms. The van der Waals surface area contributed by atoms with Crippen LogP contribution in [-0.4, -0.2) is 122 Å². The Balaban J connectivity index is 2.78. The predicted molar refractivity (Wildman–Crippen MR) is 209 cm³/mol. The van der Waals surface area contributed by atoms with Crippen molar-refractivity contribution < 1.29 is 53.3 Å². The number of amides is 6. The minimum Gasteiger partial charge on any atom is -0.480 e. The highest BCUT2D eigenvalue weighted by molar-refractivity contribution is 6.16.